The van der Waals surface area contributed by atoms with Gasteiger partial charge < -0.3 is 14.8 Å². The van der Waals surface area contributed by atoms with E-state index in [1.54, 1.807) is 0 Å². The highest BCUT2D eigenvalue weighted by atomic mass is 16.5. The predicted octanol–water partition coefficient (Wildman–Crippen LogP) is 1.88. The van der Waals surface area contributed by atoms with Gasteiger partial charge in [0.15, 0.2) is 0 Å². The average molecular weight is 243 g/mol. The van der Waals surface area contributed by atoms with Gasteiger partial charge in [-0.1, -0.05) is 13.3 Å². The minimum Gasteiger partial charge on any atom is -0.465 e. The van der Waals surface area contributed by atoms with Gasteiger partial charge in [0, 0.05) is 12.6 Å². The number of carbonyl (C=O) groups is 1. The van der Waals surface area contributed by atoms with Crippen molar-refractivity contribution in [3.63, 3.8) is 0 Å². The molecule has 4 heteroatoms. The van der Waals surface area contributed by atoms with E-state index in [2.05, 4.69) is 12.2 Å². The van der Waals surface area contributed by atoms with E-state index >= 15 is 0 Å². The maximum absolute atomic E-state index is 11.7. The van der Waals surface area contributed by atoms with Crippen LogP contribution in [-0.2, 0) is 14.3 Å². The van der Waals surface area contributed by atoms with E-state index < -0.39 is 0 Å². The lowest BCUT2D eigenvalue weighted by molar-refractivity contribution is -0.146. The number of carbonyl (C=O) groups excluding carboxylic acids is 1. The number of hydrogen-bond acceptors (Lipinski definition) is 4. The van der Waals surface area contributed by atoms with Gasteiger partial charge in [-0.2, -0.15) is 0 Å². The zero-order chi connectivity index (χ0) is 12.7. The van der Waals surface area contributed by atoms with Crippen molar-refractivity contribution in [1.29, 1.82) is 0 Å². The smallest absolute Gasteiger partial charge is 0.323 e. The third-order valence-electron chi connectivity index (χ3n) is 3.08. The lowest BCUT2D eigenvalue weighted by Gasteiger charge is -2.37. The molecule has 4 nitrogen and oxygen atoms in total. The van der Waals surface area contributed by atoms with Crippen LogP contribution in [-0.4, -0.2) is 37.4 Å². The van der Waals surface area contributed by atoms with Crippen LogP contribution in [0.5, 0.6) is 0 Å². The van der Waals surface area contributed by atoms with Gasteiger partial charge in [-0.3, -0.25) is 4.79 Å². The third-order valence-corrected chi connectivity index (χ3v) is 3.08. The lowest BCUT2D eigenvalue weighted by atomic mass is 9.88. The molecule has 0 aromatic rings. The van der Waals surface area contributed by atoms with E-state index in [0.717, 1.165) is 32.3 Å². The number of rotatable bonds is 8. The molecule has 0 aromatic heterocycles. The summed E-state index contributed by atoms with van der Waals surface area (Å²) in [5.74, 6) is -0.116. The van der Waals surface area contributed by atoms with Gasteiger partial charge in [0.25, 0.3) is 0 Å². The molecule has 1 fully saturated rings. The quantitative estimate of drug-likeness (QED) is 0.661. The van der Waals surface area contributed by atoms with Gasteiger partial charge in [0.1, 0.15) is 6.04 Å². The molecular formula is C13H25NO3. The topological polar surface area (TPSA) is 47.6 Å². The Bertz CT molecular complexity index is 227. The first-order valence-corrected chi connectivity index (χ1v) is 6.75. The Kier molecular flexibility index (Phi) is 6.52. The molecule has 0 saturated heterocycles. The van der Waals surface area contributed by atoms with Gasteiger partial charge in [0.2, 0.25) is 0 Å². The third kappa shape index (κ3) is 4.64. The molecule has 0 bridgehead atoms. The molecule has 1 atom stereocenters. The van der Waals surface area contributed by atoms with Crippen molar-refractivity contribution < 1.29 is 14.3 Å². The molecule has 1 saturated carbocycles. The van der Waals surface area contributed by atoms with Gasteiger partial charge in [-0.15, -0.1) is 0 Å². The van der Waals surface area contributed by atoms with Crippen molar-refractivity contribution in [3.8, 4) is 0 Å². The summed E-state index contributed by atoms with van der Waals surface area (Å²) >= 11 is 0. The van der Waals surface area contributed by atoms with Gasteiger partial charge in [-0.05, 0) is 33.1 Å². The van der Waals surface area contributed by atoms with Gasteiger partial charge >= 0.3 is 5.97 Å². The fourth-order valence-electron chi connectivity index (χ4n) is 2.16. The maximum Gasteiger partial charge on any atom is 0.323 e. The van der Waals surface area contributed by atoms with Crippen LogP contribution in [0.4, 0.5) is 0 Å². The largest absolute Gasteiger partial charge is 0.465 e. The number of ether oxygens (including phenoxy) is 2. The molecule has 1 N–H and O–H groups in total. The molecule has 0 aromatic carbocycles. The fraction of sp³-hybridized carbons (Fsp3) is 0.923. The predicted molar refractivity (Wildman–Crippen MR) is 66.9 cm³/mol. The first kappa shape index (κ1) is 14.5. The summed E-state index contributed by atoms with van der Waals surface area (Å²) in [7, 11) is 0. The van der Waals surface area contributed by atoms with Crippen LogP contribution in [0.25, 0.3) is 0 Å². The maximum atomic E-state index is 11.7. The number of nitrogens with one attached hydrogen (secondary N) is 1. The Morgan fingerprint density at radius 3 is 2.53 bits per heavy atom. The highest BCUT2D eigenvalue weighted by molar-refractivity contribution is 5.75. The SMILES string of the molecule is CCCC(NC1CC(OCC)C1)C(=O)OCC. The standard InChI is InChI=1S/C13H25NO3/c1-4-7-12(13(15)17-6-3)14-10-8-11(9-10)16-5-2/h10-12,14H,4-9H2,1-3H3. The van der Waals surface area contributed by atoms with E-state index in [0.29, 0.717) is 18.8 Å². The highest BCUT2D eigenvalue weighted by Gasteiger charge is 2.32. The molecule has 0 amide bonds. The fourth-order valence-corrected chi connectivity index (χ4v) is 2.16. The first-order valence-electron chi connectivity index (χ1n) is 6.75. The summed E-state index contributed by atoms with van der Waals surface area (Å²) < 4.78 is 10.6. The van der Waals surface area contributed by atoms with Crippen LogP contribution in [0.1, 0.15) is 46.5 Å². The van der Waals surface area contributed by atoms with Crippen LogP contribution in [0.2, 0.25) is 0 Å². The Hall–Kier alpha value is -0.610. The van der Waals surface area contributed by atoms with Gasteiger partial charge in [-0.25, -0.2) is 0 Å². The molecule has 1 unspecified atom stereocenters. The Labute approximate surface area is 104 Å². The van der Waals surface area contributed by atoms with E-state index in [4.69, 9.17) is 9.47 Å². The Morgan fingerprint density at radius 2 is 2.00 bits per heavy atom. The van der Waals surface area contributed by atoms with E-state index in [1.165, 1.54) is 0 Å². The summed E-state index contributed by atoms with van der Waals surface area (Å²) in [5.41, 5.74) is 0. The molecule has 0 radical (unpaired) electrons. The summed E-state index contributed by atoms with van der Waals surface area (Å²) in [6.45, 7) is 7.16. The minimum absolute atomic E-state index is 0.116. The summed E-state index contributed by atoms with van der Waals surface area (Å²) in [5, 5.41) is 3.37. The van der Waals surface area contributed by atoms with Crippen molar-refractivity contribution in [3.05, 3.63) is 0 Å². The molecule has 17 heavy (non-hydrogen) atoms. The first-order chi connectivity index (χ1) is 8.21. The van der Waals surface area contributed by atoms with Crippen molar-refractivity contribution in [2.24, 2.45) is 0 Å². The van der Waals surface area contributed by atoms with Crippen molar-refractivity contribution in [2.75, 3.05) is 13.2 Å². The zero-order valence-electron chi connectivity index (χ0n) is 11.2. The van der Waals surface area contributed by atoms with Gasteiger partial charge in [0.05, 0.1) is 12.7 Å². The van der Waals surface area contributed by atoms with Crippen molar-refractivity contribution >= 4 is 5.97 Å². The van der Waals surface area contributed by atoms with Crippen LogP contribution in [0.15, 0.2) is 0 Å². The molecule has 1 rings (SSSR count). The van der Waals surface area contributed by atoms with Crippen molar-refractivity contribution in [1.82, 2.24) is 5.32 Å². The summed E-state index contributed by atoms with van der Waals surface area (Å²) in [4.78, 5) is 11.7. The molecule has 1 aliphatic carbocycles. The monoisotopic (exact) mass is 243 g/mol. The lowest BCUT2D eigenvalue weighted by Crippen LogP contribution is -2.52. The van der Waals surface area contributed by atoms with E-state index in [1.807, 2.05) is 13.8 Å². The normalized spacial score (nSPS) is 25.1. The Balaban J connectivity index is 2.28. The van der Waals surface area contributed by atoms with Crippen LogP contribution < -0.4 is 5.32 Å². The molecule has 100 valence electrons. The van der Waals surface area contributed by atoms with E-state index in [9.17, 15) is 4.79 Å². The summed E-state index contributed by atoms with van der Waals surface area (Å²) in [6, 6.07) is 0.264. The zero-order valence-corrected chi connectivity index (χ0v) is 11.2. The Morgan fingerprint density at radius 1 is 1.29 bits per heavy atom. The average Bonchev–Trinajstić information content (AvgIpc) is 2.25. The highest BCUT2D eigenvalue weighted by Crippen LogP contribution is 2.24. The second-order valence-electron chi connectivity index (χ2n) is 4.51. The molecule has 0 heterocycles. The molecule has 1 aliphatic rings. The number of esters is 1. The summed E-state index contributed by atoms with van der Waals surface area (Å²) in [6.07, 6.45) is 4.22. The van der Waals surface area contributed by atoms with Crippen LogP contribution >= 0.6 is 0 Å². The number of hydrogen-bond donors (Lipinski definition) is 1. The van der Waals surface area contributed by atoms with Crippen molar-refractivity contribution in [2.45, 2.75) is 64.6 Å². The minimum atomic E-state index is -0.146. The molecular weight excluding hydrogens is 218 g/mol. The van der Waals surface area contributed by atoms with E-state index in [-0.39, 0.29) is 12.0 Å². The van der Waals surface area contributed by atoms with Crippen LogP contribution in [0, 0.1) is 0 Å². The molecule has 0 spiro atoms. The second-order valence-corrected chi connectivity index (χ2v) is 4.51. The second kappa shape index (κ2) is 7.67. The van der Waals surface area contributed by atoms with Crippen LogP contribution in [0.3, 0.4) is 0 Å². The molecule has 0 aliphatic heterocycles.